The van der Waals surface area contributed by atoms with Crippen LogP contribution in [0.1, 0.15) is 75.0 Å². The highest BCUT2D eigenvalue weighted by atomic mass is 35.5. The predicted molar refractivity (Wildman–Crippen MR) is 136 cm³/mol. The number of fused-ring (bicyclic) bond motifs is 1. The minimum atomic E-state index is -0.325. The SMILES string of the molecule is CC[C@@]12CC[C@@H](c3ccc(C4=NC(C)=CC4)cc3Cl)[C@H](c3ccc(Cl)cc3)[C@@H]1[C@@H](C)NC2=O. The summed E-state index contributed by atoms with van der Waals surface area (Å²) in [5, 5.41) is 4.80. The second-order valence-corrected chi connectivity index (χ2v) is 10.7. The average molecular weight is 481 g/mol. The molecule has 2 fully saturated rings. The largest absolute Gasteiger partial charge is 0.353 e. The van der Waals surface area contributed by atoms with Crippen LogP contribution in [0.15, 0.2) is 59.2 Å². The molecule has 1 aliphatic carbocycles. The fourth-order valence-electron chi connectivity index (χ4n) is 6.63. The van der Waals surface area contributed by atoms with Crippen LogP contribution in [0.2, 0.25) is 10.0 Å². The number of rotatable bonds is 4. The van der Waals surface area contributed by atoms with Crippen molar-refractivity contribution in [2.75, 3.05) is 0 Å². The molecule has 1 amide bonds. The number of carbonyl (C=O) groups is 1. The van der Waals surface area contributed by atoms with Gasteiger partial charge in [0.05, 0.1) is 11.1 Å². The zero-order valence-corrected chi connectivity index (χ0v) is 20.9. The lowest BCUT2D eigenvalue weighted by Gasteiger charge is -2.47. The van der Waals surface area contributed by atoms with Crippen molar-refractivity contribution < 1.29 is 4.79 Å². The monoisotopic (exact) mass is 480 g/mol. The first-order valence-corrected chi connectivity index (χ1v) is 12.7. The van der Waals surface area contributed by atoms with Crippen LogP contribution in [-0.2, 0) is 4.79 Å². The molecule has 3 nitrogen and oxygen atoms in total. The fraction of sp³-hybridized carbons (Fsp3) is 0.429. The van der Waals surface area contributed by atoms with Crippen molar-refractivity contribution in [1.82, 2.24) is 5.32 Å². The quantitative estimate of drug-likeness (QED) is 0.490. The van der Waals surface area contributed by atoms with Gasteiger partial charge in [0, 0.05) is 34.1 Å². The van der Waals surface area contributed by atoms with Crippen LogP contribution in [-0.4, -0.2) is 17.7 Å². The van der Waals surface area contributed by atoms with E-state index in [1.54, 1.807) is 0 Å². The molecular formula is C28H30Cl2N2O. The van der Waals surface area contributed by atoms with E-state index >= 15 is 0 Å². The lowest BCUT2D eigenvalue weighted by atomic mass is 9.54. The average Bonchev–Trinajstić information content (AvgIpc) is 3.35. The van der Waals surface area contributed by atoms with Gasteiger partial charge in [-0.1, -0.05) is 60.5 Å². The molecule has 5 rings (SSSR count). The van der Waals surface area contributed by atoms with Crippen molar-refractivity contribution >= 4 is 34.8 Å². The summed E-state index contributed by atoms with van der Waals surface area (Å²) in [5.74, 6) is 0.833. The van der Waals surface area contributed by atoms with Gasteiger partial charge in [0.1, 0.15) is 0 Å². The molecule has 2 aromatic rings. The third-order valence-electron chi connectivity index (χ3n) is 8.23. The molecule has 5 atom stereocenters. The van der Waals surface area contributed by atoms with Gasteiger partial charge < -0.3 is 5.32 Å². The summed E-state index contributed by atoms with van der Waals surface area (Å²) in [6.07, 6.45) is 5.66. The molecule has 2 heterocycles. The Morgan fingerprint density at radius 1 is 1.15 bits per heavy atom. The Kier molecular flexibility index (Phi) is 5.91. The maximum atomic E-state index is 13.2. The molecule has 3 aliphatic rings. The highest BCUT2D eigenvalue weighted by Crippen LogP contribution is 2.60. The number of benzene rings is 2. The standard InChI is InChI=1S/C28H30Cl2N2O/c1-4-28-14-13-22(21-11-8-19(15-23(21)30)24-12-5-16(2)31-24)25(18-6-9-20(29)10-7-18)26(28)17(3)32-27(28)33/h5-11,15,17,22,25-26H,4,12-14H2,1-3H3,(H,32,33)/t17-,22+,25+,26+,28-/m1/s1. The van der Waals surface area contributed by atoms with Crippen LogP contribution in [0.25, 0.3) is 0 Å². The van der Waals surface area contributed by atoms with E-state index in [9.17, 15) is 4.79 Å². The van der Waals surface area contributed by atoms with E-state index in [1.807, 2.05) is 19.1 Å². The van der Waals surface area contributed by atoms with Crippen LogP contribution < -0.4 is 5.32 Å². The van der Waals surface area contributed by atoms with Crippen molar-refractivity contribution in [1.29, 1.82) is 0 Å². The number of amides is 1. The normalized spacial score (nSPS) is 31.1. The maximum absolute atomic E-state index is 13.2. The Morgan fingerprint density at radius 3 is 2.55 bits per heavy atom. The second kappa shape index (κ2) is 8.60. The molecule has 1 saturated heterocycles. The number of nitrogens with zero attached hydrogens (tertiary/aromatic N) is 1. The smallest absolute Gasteiger partial charge is 0.226 e. The molecule has 0 radical (unpaired) electrons. The van der Waals surface area contributed by atoms with Gasteiger partial charge in [-0.15, -0.1) is 0 Å². The van der Waals surface area contributed by atoms with Gasteiger partial charge in [0.2, 0.25) is 5.91 Å². The van der Waals surface area contributed by atoms with Gasteiger partial charge in [-0.05, 0) is 79.8 Å². The fourth-order valence-corrected chi connectivity index (χ4v) is 7.08. The van der Waals surface area contributed by atoms with Gasteiger partial charge in [-0.2, -0.15) is 0 Å². The summed E-state index contributed by atoms with van der Waals surface area (Å²) in [4.78, 5) is 17.8. The Balaban J connectivity index is 1.58. The first-order chi connectivity index (χ1) is 15.8. The molecule has 33 heavy (non-hydrogen) atoms. The van der Waals surface area contributed by atoms with Crippen molar-refractivity contribution in [3.8, 4) is 0 Å². The van der Waals surface area contributed by atoms with Crippen molar-refractivity contribution in [2.24, 2.45) is 16.3 Å². The summed E-state index contributed by atoms with van der Waals surface area (Å²) in [6.45, 7) is 6.34. The summed E-state index contributed by atoms with van der Waals surface area (Å²) < 4.78 is 0. The minimum Gasteiger partial charge on any atom is -0.353 e. The number of hydrogen-bond acceptors (Lipinski definition) is 2. The van der Waals surface area contributed by atoms with E-state index in [0.717, 1.165) is 52.7 Å². The van der Waals surface area contributed by atoms with Crippen molar-refractivity contribution in [2.45, 2.75) is 64.3 Å². The number of nitrogens with one attached hydrogen (secondary N) is 1. The van der Waals surface area contributed by atoms with E-state index in [0.29, 0.717) is 0 Å². The van der Waals surface area contributed by atoms with E-state index in [1.165, 1.54) is 11.1 Å². The van der Waals surface area contributed by atoms with E-state index in [4.69, 9.17) is 23.2 Å². The zero-order chi connectivity index (χ0) is 23.3. The van der Waals surface area contributed by atoms with Crippen LogP contribution >= 0.6 is 23.2 Å². The Labute approximate surface area is 206 Å². The van der Waals surface area contributed by atoms with Crippen LogP contribution in [0.3, 0.4) is 0 Å². The Bertz CT molecular complexity index is 1150. The lowest BCUT2D eigenvalue weighted by Crippen LogP contribution is -2.43. The number of hydrogen-bond donors (Lipinski definition) is 1. The molecule has 2 aromatic carbocycles. The van der Waals surface area contributed by atoms with Gasteiger partial charge in [0.15, 0.2) is 0 Å². The van der Waals surface area contributed by atoms with Crippen molar-refractivity contribution in [3.63, 3.8) is 0 Å². The second-order valence-electron chi connectivity index (χ2n) is 9.86. The molecular weight excluding hydrogens is 451 g/mol. The topological polar surface area (TPSA) is 41.5 Å². The Morgan fingerprint density at radius 2 is 1.91 bits per heavy atom. The summed E-state index contributed by atoms with van der Waals surface area (Å²) in [6, 6.07) is 14.7. The van der Waals surface area contributed by atoms with Gasteiger partial charge in [-0.3, -0.25) is 9.79 Å². The van der Waals surface area contributed by atoms with Gasteiger partial charge in [0.25, 0.3) is 0 Å². The van der Waals surface area contributed by atoms with E-state index in [2.05, 4.69) is 60.6 Å². The third-order valence-corrected chi connectivity index (χ3v) is 8.81. The summed E-state index contributed by atoms with van der Waals surface area (Å²) >= 11 is 13.2. The first kappa shape index (κ1) is 22.7. The molecule has 0 bridgehead atoms. The van der Waals surface area contributed by atoms with Crippen molar-refractivity contribution in [3.05, 3.63) is 81.0 Å². The molecule has 0 spiro atoms. The number of allylic oxidation sites excluding steroid dienone is 2. The van der Waals surface area contributed by atoms with Crippen LogP contribution in [0.4, 0.5) is 0 Å². The molecule has 172 valence electrons. The van der Waals surface area contributed by atoms with Crippen LogP contribution in [0.5, 0.6) is 0 Å². The zero-order valence-electron chi connectivity index (χ0n) is 19.4. The highest BCUT2D eigenvalue weighted by molar-refractivity contribution is 6.32. The first-order valence-electron chi connectivity index (χ1n) is 11.9. The molecule has 1 saturated carbocycles. The van der Waals surface area contributed by atoms with Gasteiger partial charge in [-0.25, -0.2) is 0 Å². The van der Waals surface area contributed by atoms with Crippen LogP contribution in [0, 0.1) is 11.3 Å². The van der Waals surface area contributed by atoms with Gasteiger partial charge >= 0.3 is 0 Å². The number of halogens is 2. The maximum Gasteiger partial charge on any atom is 0.226 e. The molecule has 5 heteroatoms. The highest BCUT2D eigenvalue weighted by Gasteiger charge is 2.59. The predicted octanol–water partition coefficient (Wildman–Crippen LogP) is 7.28. The molecule has 1 N–H and O–H groups in total. The number of carbonyl (C=O) groups excluding carboxylic acids is 1. The third kappa shape index (κ3) is 3.74. The van der Waals surface area contributed by atoms with E-state index in [-0.39, 0.29) is 35.1 Å². The number of aliphatic imine (C=N–C) groups is 1. The lowest BCUT2D eigenvalue weighted by molar-refractivity contribution is -0.131. The molecule has 2 aliphatic heterocycles. The summed E-state index contributed by atoms with van der Waals surface area (Å²) in [7, 11) is 0. The minimum absolute atomic E-state index is 0.112. The summed E-state index contributed by atoms with van der Waals surface area (Å²) in [5.41, 5.74) is 5.29. The molecule has 0 unspecified atom stereocenters. The Hall–Kier alpha value is -2.10. The molecule has 0 aromatic heterocycles. The van der Waals surface area contributed by atoms with E-state index < -0.39 is 0 Å².